The quantitative estimate of drug-likeness (QED) is 0.831. The average molecular weight is 287 g/mol. The number of rotatable bonds is 2. The van der Waals surface area contributed by atoms with Crippen molar-refractivity contribution in [3.05, 3.63) is 35.9 Å². The molecule has 2 atom stereocenters. The molecule has 0 unspecified atom stereocenters. The van der Waals surface area contributed by atoms with E-state index in [1.165, 1.54) is 0 Å². The lowest BCUT2D eigenvalue weighted by Gasteiger charge is -2.41. The van der Waals surface area contributed by atoms with E-state index < -0.39 is 5.41 Å². The molecule has 21 heavy (non-hydrogen) atoms. The number of hydrogen-bond donors (Lipinski definition) is 0. The summed E-state index contributed by atoms with van der Waals surface area (Å²) >= 11 is 0. The molecule has 0 radical (unpaired) electrons. The third-order valence-electron chi connectivity index (χ3n) is 5.24. The maximum absolute atomic E-state index is 13.3. The summed E-state index contributed by atoms with van der Waals surface area (Å²) in [4.78, 5) is 15.4. The van der Waals surface area contributed by atoms with Crippen molar-refractivity contribution >= 4 is 5.91 Å². The summed E-state index contributed by atoms with van der Waals surface area (Å²) in [6.45, 7) is 2.80. The van der Waals surface area contributed by atoms with Gasteiger partial charge in [0, 0.05) is 19.8 Å². The molecule has 0 N–H and O–H groups in total. The third-order valence-corrected chi connectivity index (χ3v) is 5.24. The van der Waals surface area contributed by atoms with Crippen LogP contribution in [0.3, 0.4) is 0 Å². The minimum Gasteiger partial charge on any atom is -0.381 e. The summed E-state index contributed by atoms with van der Waals surface area (Å²) in [5.41, 5.74) is 0.742. The minimum absolute atomic E-state index is 0.256. The first-order valence-electron chi connectivity index (χ1n) is 7.85. The highest BCUT2D eigenvalue weighted by atomic mass is 16.5. The number of hydrogen-bond acceptors (Lipinski definition) is 3. The number of benzene rings is 1. The zero-order valence-corrected chi connectivity index (χ0v) is 12.2. The van der Waals surface area contributed by atoms with E-state index in [0.717, 1.165) is 31.4 Å². The molecule has 1 aromatic rings. The second kappa shape index (κ2) is 5.11. The Hall–Kier alpha value is -1.39. The Morgan fingerprint density at radius 2 is 1.95 bits per heavy atom. The van der Waals surface area contributed by atoms with Gasteiger partial charge in [-0.2, -0.15) is 0 Å². The molecule has 0 aromatic heterocycles. The van der Waals surface area contributed by atoms with E-state index in [0.29, 0.717) is 19.8 Å². The molecule has 3 fully saturated rings. The second-order valence-corrected chi connectivity index (χ2v) is 6.36. The SMILES string of the molecule is O=C(N1C[C@H]2C[C@H]1CO2)C1(c2ccccc2)CCOCC1. The molecule has 112 valence electrons. The van der Waals surface area contributed by atoms with Crippen LogP contribution in [0.15, 0.2) is 30.3 Å². The topological polar surface area (TPSA) is 38.8 Å². The van der Waals surface area contributed by atoms with Gasteiger partial charge in [-0.15, -0.1) is 0 Å². The van der Waals surface area contributed by atoms with E-state index in [1.54, 1.807) is 0 Å². The largest absolute Gasteiger partial charge is 0.381 e. The van der Waals surface area contributed by atoms with E-state index >= 15 is 0 Å². The summed E-state index contributed by atoms with van der Waals surface area (Å²) in [7, 11) is 0. The van der Waals surface area contributed by atoms with Crippen LogP contribution in [-0.2, 0) is 19.7 Å². The fraction of sp³-hybridized carbons (Fsp3) is 0.588. The number of fused-ring (bicyclic) bond motifs is 2. The minimum atomic E-state index is -0.399. The number of amides is 1. The smallest absolute Gasteiger partial charge is 0.233 e. The molecule has 3 heterocycles. The highest BCUT2D eigenvalue weighted by molar-refractivity contribution is 5.89. The second-order valence-electron chi connectivity index (χ2n) is 6.36. The van der Waals surface area contributed by atoms with Crippen molar-refractivity contribution in [2.45, 2.75) is 36.8 Å². The van der Waals surface area contributed by atoms with E-state index in [9.17, 15) is 4.79 Å². The molecule has 4 nitrogen and oxygen atoms in total. The van der Waals surface area contributed by atoms with Crippen LogP contribution in [0.1, 0.15) is 24.8 Å². The number of ether oxygens (including phenoxy) is 2. The van der Waals surface area contributed by atoms with Crippen LogP contribution in [0.25, 0.3) is 0 Å². The Bertz CT molecular complexity index is 524. The van der Waals surface area contributed by atoms with Gasteiger partial charge in [0.25, 0.3) is 0 Å². The Morgan fingerprint density at radius 3 is 2.57 bits per heavy atom. The molecule has 0 aliphatic carbocycles. The van der Waals surface area contributed by atoms with Gasteiger partial charge in [0.1, 0.15) is 0 Å². The van der Waals surface area contributed by atoms with Crippen LogP contribution in [0, 0.1) is 0 Å². The predicted octanol–water partition coefficient (Wildman–Crippen LogP) is 1.73. The lowest BCUT2D eigenvalue weighted by Crippen LogP contribution is -2.53. The molecule has 3 saturated heterocycles. The maximum atomic E-state index is 13.3. The van der Waals surface area contributed by atoms with Gasteiger partial charge in [0.15, 0.2) is 0 Å². The predicted molar refractivity (Wildman–Crippen MR) is 78.0 cm³/mol. The van der Waals surface area contributed by atoms with Gasteiger partial charge in [0.05, 0.1) is 24.2 Å². The normalized spacial score (nSPS) is 30.6. The fourth-order valence-electron chi connectivity index (χ4n) is 4.03. The van der Waals surface area contributed by atoms with Crippen LogP contribution < -0.4 is 0 Å². The number of likely N-dealkylation sites (tertiary alicyclic amines) is 1. The standard InChI is InChI=1S/C17H21NO3/c19-16(18-11-15-10-14(18)12-21-15)17(6-8-20-9-7-17)13-4-2-1-3-5-13/h1-5,14-15H,6-12H2/t14-,15+/m0/s1. The van der Waals surface area contributed by atoms with Crippen LogP contribution in [0.2, 0.25) is 0 Å². The highest BCUT2D eigenvalue weighted by Crippen LogP contribution is 2.40. The average Bonchev–Trinajstić information content (AvgIpc) is 3.19. The first-order valence-corrected chi connectivity index (χ1v) is 7.85. The van der Waals surface area contributed by atoms with Crippen molar-refractivity contribution < 1.29 is 14.3 Å². The van der Waals surface area contributed by atoms with Gasteiger partial charge in [-0.1, -0.05) is 30.3 Å². The lowest BCUT2D eigenvalue weighted by atomic mass is 9.73. The van der Waals surface area contributed by atoms with Crippen molar-refractivity contribution in [1.29, 1.82) is 0 Å². The van der Waals surface area contributed by atoms with Gasteiger partial charge in [0.2, 0.25) is 5.91 Å². The molecule has 1 amide bonds. The van der Waals surface area contributed by atoms with Crippen molar-refractivity contribution in [3.8, 4) is 0 Å². The fourth-order valence-corrected chi connectivity index (χ4v) is 4.03. The number of nitrogens with zero attached hydrogens (tertiary/aromatic N) is 1. The Morgan fingerprint density at radius 1 is 1.19 bits per heavy atom. The van der Waals surface area contributed by atoms with Crippen LogP contribution in [0.4, 0.5) is 0 Å². The summed E-state index contributed by atoms with van der Waals surface area (Å²) < 4.78 is 11.2. The lowest BCUT2D eigenvalue weighted by molar-refractivity contribution is -0.145. The molecular formula is C17H21NO3. The monoisotopic (exact) mass is 287 g/mol. The van der Waals surface area contributed by atoms with Crippen molar-refractivity contribution in [1.82, 2.24) is 4.90 Å². The van der Waals surface area contributed by atoms with Gasteiger partial charge < -0.3 is 14.4 Å². The van der Waals surface area contributed by atoms with Gasteiger partial charge in [-0.05, 0) is 24.8 Å². The summed E-state index contributed by atoms with van der Waals surface area (Å²) in [5.74, 6) is 0.285. The molecule has 3 aliphatic heterocycles. The molecule has 2 bridgehead atoms. The van der Waals surface area contributed by atoms with E-state index in [2.05, 4.69) is 17.0 Å². The number of carbonyl (C=O) groups excluding carboxylic acids is 1. The Labute approximate surface area is 125 Å². The molecule has 0 spiro atoms. The van der Waals surface area contributed by atoms with Crippen molar-refractivity contribution in [3.63, 3.8) is 0 Å². The zero-order valence-electron chi connectivity index (χ0n) is 12.2. The zero-order chi connectivity index (χ0) is 14.3. The first kappa shape index (κ1) is 13.3. The third kappa shape index (κ3) is 2.09. The first-order chi connectivity index (χ1) is 10.3. The highest BCUT2D eigenvalue weighted by Gasteiger charge is 2.50. The van der Waals surface area contributed by atoms with Crippen LogP contribution in [-0.4, -0.2) is 49.3 Å². The van der Waals surface area contributed by atoms with Crippen molar-refractivity contribution in [2.24, 2.45) is 0 Å². The molecule has 1 aromatic carbocycles. The Kier molecular flexibility index (Phi) is 3.23. The van der Waals surface area contributed by atoms with Crippen molar-refractivity contribution in [2.75, 3.05) is 26.4 Å². The van der Waals surface area contributed by atoms with Crippen LogP contribution >= 0.6 is 0 Å². The Balaban J connectivity index is 1.68. The number of morpholine rings is 1. The summed E-state index contributed by atoms with van der Waals surface area (Å²) in [5, 5.41) is 0. The molecule has 4 rings (SSSR count). The van der Waals surface area contributed by atoms with Gasteiger partial charge in [-0.25, -0.2) is 0 Å². The van der Waals surface area contributed by atoms with Gasteiger partial charge in [-0.3, -0.25) is 4.79 Å². The van der Waals surface area contributed by atoms with E-state index in [-0.39, 0.29) is 18.1 Å². The van der Waals surface area contributed by atoms with E-state index in [4.69, 9.17) is 9.47 Å². The van der Waals surface area contributed by atoms with Gasteiger partial charge >= 0.3 is 0 Å². The van der Waals surface area contributed by atoms with E-state index in [1.807, 2.05) is 18.2 Å². The van der Waals surface area contributed by atoms with Crippen LogP contribution in [0.5, 0.6) is 0 Å². The molecule has 4 heteroatoms. The molecule has 3 aliphatic rings. The molecular weight excluding hydrogens is 266 g/mol. The maximum Gasteiger partial charge on any atom is 0.233 e. The summed E-state index contributed by atoms with van der Waals surface area (Å²) in [6.07, 6.45) is 2.83. The molecule has 0 saturated carbocycles. The summed E-state index contributed by atoms with van der Waals surface area (Å²) in [6, 6.07) is 10.5. The number of carbonyl (C=O) groups is 1.